The highest BCUT2D eigenvalue weighted by molar-refractivity contribution is 6.09. The number of benzene rings is 2. The van der Waals surface area contributed by atoms with Crippen molar-refractivity contribution >= 4 is 28.8 Å². The van der Waals surface area contributed by atoms with Gasteiger partial charge < -0.3 is 14.6 Å². The minimum Gasteiger partial charge on any atom is -0.458 e. The van der Waals surface area contributed by atoms with E-state index in [4.69, 9.17) is 4.42 Å². The van der Waals surface area contributed by atoms with Crippen molar-refractivity contribution in [2.75, 3.05) is 13.6 Å². The summed E-state index contributed by atoms with van der Waals surface area (Å²) in [5.41, 5.74) is -0.479. The summed E-state index contributed by atoms with van der Waals surface area (Å²) in [6.07, 6.45) is 0. The largest absolute Gasteiger partial charge is 0.458 e. The molecule has 30 heavy (non-hydrogen) atoms. The number of hydrogen-bond acceptors (Lipinski definition) is 4. The molecule has 7 nitrogen and oxygen atoms in total. The lowest BCUT2D eigenvalue weighted by Crippen LogP contribution is -2.43. The van der Waals surface area contributed by atoms with Crippen LogP contribution in [0.25, 0.3) is 11.0 Å². The zero-order chi connectivity index (χ0) is 21.5. The molecule has 0 bridgehead atoms. The van der Waals surface area contributed by atoms with Gasteiger partial charge in [-0.05, 0) is 25.1 Å². The molecule has 2 heterocycles. The van der Waals surface area contributed by atoms with E-state index in [9.17, 15) is 18.8 Å². The highest BCUT2D eigenvalue weighted by Gasteiger charge is 2.51. The Labute approximate surface area is 172 Å². The first-order valence-corrected chi connectivity index (χ1v) is 9.40. The lowest BCUT2D eigenvalue weighted by atomic mass is 9.99. The molecule has 0 radical (unpaired) electrons. The molecule has 8 heteroatoms. The Morgan fingerprint density at radius 3 is 2.60 bits per heavy atom. The van der Waals surface area contributed by atoms with E-state index < -0.39 is 35.7 Å². The smallest absolute Gasteiger partial charge is 0.325 e. The SMILES string of the molecule is CN(Cc1ccccc1F)C(=O)CN1C(=O)NC(C)(c2cc3ccccc3o2)C1=O. The van der Waals surface area contributed by atoms with E-state index in [1.165, 1.54) is 18.0 Å². The number of fused-ring (bicyclic) bond motifs is 1. The highest BCUT2D eigenvalue weighted by Crippen LogP contribution is 2.33. The number of carbonyl (C=O) groups is 3. The van der Waals surface area contributed by atoms with Gasteiger partial charge in [0.25, 0.3) is 5.91 Å². The molecule has 1 saturated heterocycles. The molecule has 1 N–H and O–H groups in total. The van der Waals surface area contributed by atoms with Crippen LogP contribution in [0.3, 0.4) is 0 Å². The van der Waals surface area contributed by atoms with Crippen LogP contribution < -0.4 is 5.32 Å². The molecule has 1 fully saturated rings. The standard InChI is InChI=1S/C22H20FN3O4/c1-22(18-11-14-7-4-6-10-17(14)30-18)20(28)26(21(29)24-22)13-19(27)25(2)12-15-8-3-5-9-16(15)23/h3-11H,12-13H2,1-2H3,(H,24,29). The third kappa shape index (κ3) is 3.30. The third-order valence-electron chi connectivity index (χ3n) is 5.28. The van der Waals surface area contributed by atoms with Gasteiger partial charge in [0.15, 0.2) is 5.54 Å². The van der Waals surface area contributed by atoms with Crippen LogP contribution in [0.15, 0.2) is 59.0 Å². The molecular formula is C22H20FN3O4. The quantitative estimate of drug-likeness (QED) is 0.657. The molecule has 1 aliphatic heterocycles. The third-order valence-corrected chi connectivity index (χ3v) is 5.28. The van der Waals surface area contributed by atoms with Crippen molar-refractivity contribution < 1.29 is 23.2 Å². The van der Waals surface area contributed by atoms with Crippen LogP contribution in [0.4, 0.5) is 9.18 Å². The number of nitrogens with one attached hydrogen (secondary N) is 1. The molecule has 0 saturated carbocycles. The summed E-state index contributed by atoms with van der Waals surface area (Å²) in [4.78, 5) is 40.2. The van der Waals surface area contributed by atoms with Crippen molar-refractivity contribution in [3.05, 3.63) is 71.7 Å². The average Bonchev–Trinajstić information content (AvgIpc) is 3.25. The Balaban J connectivity index is 1.51. The van der Waals surface area contributed by atoms with E-state index in [1.807, 2.05) is 18.2 Å². The fourth-order valence-corrected chi connectivity index (χ4v) is 3.46. The van der Waals surface area contributed by atoms with Crippen LogP contribution in [0.5, 0.6) is 0 Å². The van der Waals surface area contributed by atoms with Gasteiger partial charge in [0.05, 0.1) is 0 Å². The average molecular weight is 409 g/mol. The first kappa shape index (κ1) is 19.6. The zero-order valence-electron chi connectivity index (χ0n) is 16.5. The van der Waals surface area contributed by atoms with Gasteiger partial charge in [0.1, 0.15) is 23.7 Å². The van der Waals surface area contributed by atoms with Gasteiger partial charge in [-0.25, -0.2) is 9.18 Å². The van der Waals surface area contributed by atoms with Gasteiger partial charge in [-0.15, -0.1) is 0 Å². The summed E-state index contributed by atoms with van der Waals surface area (Å²) in [7, 11) is 1.49. The van der Waals surface area contributed by atoms with Crippen molar-refractivity contribution in [2.24, 2.45) is 0 Å². The molecule has 1 aromatic heterocycles. The topological polar surface area (TPSA) is 82.9 Å². The van der Waals surface area contributed by atoms with Crippen LogP contribution in [0.1, 0.15) is 18.2 Å². The molecule has 1 unspecified atom stereocenters. The van der Waals surface area contributed by atoms with Gasteiger partial charge in [-0.2, -0.15) is 0 Å². The van der Waals surface area contributed by atoms with Gasteiger partial charge in [0, 0.05) is 24.5 Å². The number of furan rings is 1. The minimum atomic E-state index is -1.42. The van der Waals surface area contributed by atoms with E-state index in [-0.39, 0.29) is 12.3 Å². The normalized spacial score (nSPS) is 18.7. The molecular weight excluding hydrogens is 389 g/mol. The number of amides is 4. The van der Waals surface area contributed by atoms with Crippen molar-refractivity contribution in [3.8, 4) is 0 Å². The van der Waals surface area contributed by atoms with E-state index in [1.54, 1.807) is 37.3 Å². The van der Waals surface area contributed by atoms with Crippen LogP contribution >= 0.6 is 0 Å². The first-order valence-electron chi connectivity index (χ1n) is 9.40. The fourth-order valence-electron chi connectivity index (χ4n) is 3.46. The maximum Gasteiger partial charge on any atom is 0.325 e. The molecule has 0 spiro atoms. The van der Waals surface area contributed by atoms with E-state index >= 15 is 0 Å². The molecule has 4 amide bonds. The van der Waals surface area contributed by atoms with Gasteiger partial charge >= 0.3 is 6.03 Å². The second-order valence-corrected chi connectivity index (χ2v) is 7.44. The molecule has 2 aromatic carbocycles. The Hall–Kier alpha value is -3.68. The maximum absolute atomic E-state index is 13.8. The van der Waals surface area contributed by atoms with Gasteiger partial charge in [0.2, 0.25) is 5.91 Å². The second-order valence-electron chi connectivity index (χ2n) is 7.44. The molecule has 3 aromatic rings. The summed E-state index contributed by atoms with van der Waals surface area (Å²) in [5, 5.41) is 3.42. The zero-order valence-corrected chi connectivity index (χ0v) is 16.5. The Morgan fingerprint density at radius 1 is 1.17 bits per heavy atom. The van der Waals surface area contributed by atoms with E-state index in [2.05, 4.69) is 5.32 Å². The van der Waals surface area contributed by atoms with Crippen LogP contribution in [-0.2, 0) is 21.7 Å². The number of urea groups is 1. The number of carbonyl (C=O) groups excluding carboxylic acids is 3. The van der Waals surface area contributed by atoms with Gasteiger partial charge in [-0.1, -0.05) is 36.4 Å². The highest BCUT2D eigenvalue weighted by atomic mass is 19.1. The number of imide groups is 1. The number of halogens is 1. The lowest BCUT2D eigenvalue weighted by molar-refractivity contribution is -0.138. The summed E-state index contributed by atoms with van der Waals surface area (Å²) < 4.78 is 19.6. The van der Waals surface area contributed by atoms with E-state index in [0.717, 1.165) is 10.3 Å². The number of likely N-dealkylation sites (N-methyl/N-ethyl adjacent to an activating group) is 1. The Bertz CT molecular complexity index is 1120. The predicted molar refractivity (Wildman–Crippen MR) is 107 cm³/mol. The number of hydrogen-bond donors (Lipinski definition) is 1. The Morgan fingerprint density at radius 2 is 1.87 bits per heavy atom. The number of para-hydroxylation sites is 1. The molecule has 0 aliphatic carbocycles. The lowest BCUT2D eigenvalue weighted by Gasteiger charge is -2.22. The van der Waals surface area contributed by atoms with Crippen molar-refractivity contribution in [2.45, 2.75) is 19.0 Å². The van der Waals surface area contributed by atoms with Crippen LogP contribution in [0.2, 0.25) is 0 Å². The van der Waals surface area contributed by atoms with Crippen molar-refractivity contribution in [1.82, 2.24) is 15.1 Å². The number of rotatable bonds is 5. The van der Waals surface area contributed by atoms with Crippen molar-refractivity contribution in [1.29, 1.82) is 0 Å². The molecule has 4 rings (SSSR count). The Kier molecular flexibility index (Phi) is 4.77. The second kappa shape index (κ2) is 7.29. The summed E-state index contributed by atoms with van der Waals surface area (Å²) >= 11 is 0. The molecule has 1 atom stereocenters. The monoisotopic (exact) mass is 409 g/mol. The van der Waals surface area contributed by atoms with Crippen LogP contribution in [-0.4, -0.2) is 41.2 Å². The van der Waals surface area contributed by atoms with Crippen molar-refractivity contribution in [3.63, 3.8) is 0 Å². The maximum atomic E-state index is 13.8. The summed E-state index contributed by atoms with van der Waals surface area (Å²) in [6.45, 7) is 1.11. The number of nitrogens with zero attached hydrogens (tertiary/aromatic N) is 2. The summed E-state index contributed by atoms with van der Waals surface area (Å²) in [6, 6.07) is 14.4. The first-order chi connectivity index (χ1) is 14.3. The van der Waals surface area contributed by atoms with E-state index in [0.29, 0.717) is 11.1 Å². The summed E-state index contributed by atoms with van der Waals surface area (Å²) in [5.74, 6) is -1.21. The minimum absolute atomic E-state index is 0.0238. The van der Waals surface area contributed by atoms with Crippen LogP contribution in [0, 0.1) is 5.82 Å². The van der Waals surface area contributed by atoms with Gasteiger partial charge in [-0.3, -0.25) is 14.5 Å². The molecule has 1 aliphatic rings. The fraction of sp³-hybridized carbons (Fsp3) is 0.227. The predicted octanol–water partition coefficient (Wildman–Crippen LogP) is 3.00. The molecule has 154 valence electrons.